The number of hydrogen-bond donors (Lipinski definition) is 20. The molecule has 0 saturated heterocycles. The third-order valence-corrected chi connectivity index (χ3v) is 17.7. The zero-order valence-electron chi connectivity index (χ0n) is 64.5. The molecule has 14 amide bonds. The van der Waals surface area contributed by atoms with Crippen molar-refractivity contribution in [1.82, 2.24) is 89.2 Å². The van der Waals surface area contributed by atoms with Crippen LogP contribution in [0.2, 0.25) is 0 Å². The number of primary amides is 2. The van der Waals surface area contributed by atoms with Gasteiger partial charge >= 0.3 is 17.9 Å². The monoisotopic (exact) mass is 1570 g/mol. The number of nitrogens with one attached hydrogen (secondary N) is 15. The van der Waals surface area contributed by atoms with E-state index in [-0.39, 0.29) is 81.2 Å². The Morgan fingerprint density at radius 1 is 0.527 bits per heavy atom. The minimum atomic E-state index is -1.82. The van der Waals surface area contributed by atoms with Gasteiger partial charge in [0.1, 0.15) is 72.0 Å². The maximum absolute atomic E-state index is 14.6. The molecule has 0 saturated carbocycles. The summed E-state index contributed by atoms with van der Waals surface area (Å²) in [5, 5.41) is 49.7. The summed E-state index contributed by atoms with van der Waals surface area (Å²) in [6, 6.07) is -16.5. The van der Waals surface area contributed by atoms with Crippen LogP contribution in [0.5, 0.6) is 0 Å². The Labute approximate surface area is 642 Å². The number of carbonyl (C=O) groups is 17. The van der Waals surface area contributed by atoms with Crippen molar-refractivity contribution in [3.05, 3.63) is 36.4 Å². The molecule has 2 heterocycles. The molecule has 0 aliphatic carbocycles. The van der Waals surface area contributed by atoms with Crippen LogP contribution in [0.4, 0.5) is 0 Å². The van der Waals surface area contributed by atoms with E-state index in [2.05, 4.69) is 89.2 Å². The van der Waals surface area contributed by atoms with Gasteiger partial charge in [0.25, 0.3) is 0 Å². The molecule has 0 spiro atoms. The van der Waals surface area contributed by atoms with Crippen molar-refractivity contribution in [2.45, 2.75) is 244 Å². The predicted molar refractivity (Wildman–Crippen MR) is 398 cm³/mol. The lowest BCUT2D eigenvalue weighted by Gasteiger charge is -2.32. The normalized spacial score (nSPS) is 14.6. The average molecular weight is 1580 g/mol. The minimum absolute atomic E-state index is 0.0102. The molecule has 40 nitrogen and oxygen atoms in total. The van der Waals surface area contributed by atoms with Crippen LogP contribution >= 0.6 is 11.8 Å². The quantitative estimate of drug-likeness (QED) is 0.0224. The molecule has 12 atom stereocenters. The van der Waals surface area contributed by atoms with Crippen molar-refractivity contribution in [3.63, 3.8) is 0 Å². The first-order chi connectivity index (χ1) is 51.7. The lowest BCUT2D eigenvalue weighted by molar-refractivity contribution is -0.156. The van der Waals surface area contributed by atoms with Gasteiger partial charge in [-0.25, -0.2) is 14.8 Å². The second-order valence-corrected chi connectivity index (χ2v) is 29.3. The molecule has 0 bridgehead atoms. The molecule has 0 unspecified atom stereocenters. The number of aromatic amines is 2. The fraction of sp³-hybridized carbons (Fsp3) is 0.667. The molecule has 2 aromatic heterocycles. The van der Waals surface area contributed by atoms with Gasteiger partial charge in [-0.05, 0) is 107 Å². The van der Waals surface area contributed by atoms with E-state index < -0.39 is 223 Å². The number of aliphatic carboxylic acids is 2. The maximum Gasteiger partial charge on any atom is 0.326 e. The summed E-state index contributed by atoms with van der Waals surface area (Å²) in [4.78, 5) is 248. The number of imidazole rings is 2. The van der Waals surface area contributed by atoms with Crippen molar-refractivity contribution < 1.29 is 96.6 Å². The summed E-state index contributed by atoms with van der Waals surface area (Å²) >= 11 is 1.27. The van der Waals surface area contributed by atoms with Gasteiger partial charge in [-0.1, -0.05) is 68.7 Å². The minimum Gasteiger partial charge on any atom is -0.481 e. The molecular weight excluding hydrogens is 1460 g/mol. The Kier molecular flexibility index (Phi) is 42.6. The molecule has 616 valence electrons. The molecule has 41 heteroatoms. The Bertz CT molecular complexity index is 3410. The molecule has 0 aliphatic heterocycles. The number of carbonyl (C=O) groups excluding carboxylic acids is 15. The van der Waals surface area contributed by atoms with Crippen LogP contribution in [-0.4, -0.2) is 228 Å². The number of H-pyrrole nitrogens is 2. The SMILES string of the molecule is CCC(=O)ON[C@H](C(=O)NC(C)(C)C(=O)N[C@@H](CCC(=O)O)C(=O)N[C@H](C(=O)N[C@@H](CCC(N)=O)C(=O)N[C@@H](CC(C)C)C(=O)N[C@@H](CCSC)C(=O)N[C@@H](Cc1cnc[nH]1)C(=O)N[C@@H](CC(N)=O)C(=O)N[C@@H](CC(C)C)C(=O)NCC(=O)N[C@@H](CCCCN)C(=O)N[C@@H](Cc1cnc[nH]1)C(=O)O)[C@@H](C)CC)C(C)C. The maximum atomic E-state index is 14.6. The fourth-order valence-electron chi connectivity index (χ4n) is 10.7. The zero-order chi connectivity index (χ0) is 83.1. The number of carboxylic acids is 2. The smallest absolute Gasteiger partial charge is 0.326 e. The highest BCUT2D eigenvalue weighted by atomic mass is 32.2. The Morgan fingerprint density at radius 2 is 0.991 bits per heavy atom. The Balaban J connectivity index is 2.47. The van der Waals surface area contributed by atoms with Gasteiger partial charge in [-0.3, -0.25) is 76.7 Å². The van der Waals surface area contributed by atoms with Gasteiger partial charge in [0.05, 0.1) is 25.6 Å². The summed E-state index contributed by atoms with van der Waals surface area (Å²) in [6.45, 7) is 17.0. The summed E-state index contributed by atoms with van der Waals surface area (Å²) in [5.41, 5.74) is 18.1. The summed E-state index contributed by atoms with van der Waals surface area (Å²) in [5.74, 6) is -18.5. The topological polar surface area (TPSA) is 632 Å². The molecule has 0 aromatic carbocycles. The number of amides is 14. The summed E-state index contributed by atoms with van der Waals surface area (Å²) < 4.78 is 0. The van der Waals surface area contributed by atoms with Crippen molar-refractivity contribution in [2.75, 3.05) is 25.1 Å². The van der Waals surface area contributed by atoms with E-state index in [1.165, 1.54) is 57.6 Å². The molecule has 0 fully saturated rings. The zero-order valence-corrected chi connectivity index (χ0v) is 65.3. The van der Waals surface area contributed by atoms with Crippen LogP contribution < -0.4 is 86.5 Å². The van der Waals surface area contributed by atoms with Gasteiger partial charge in [-0.15, -0.1) is 5.48 Å². The second kappa shape index (κ2) is 49.0. The van der Waals surface area contributed by atoms with E-state index >= 15 is 0 Å². The number of thioether (sulfide) groups is 1. The van der Waals surface area contributed by atoms with E-state index in [0.29, 0.717) is 18.5 Å². The number of carboxylic acid groups (broad SMARTS) is 2. The van der Waals surface area contributed by atoms with Gasteiger partial charge in [0.2, 0.25) is 82.7 Å². The molecule has 110 heavy (non-hydrogen) atoms. The summed E-state index contributed by atoms with van der Waals surface area (Å²) in [6.07, 6.45) is 4.30. The van der Waals surface area contributed by atoms with E-state index in [9.17, 15) is 91.7 Å². The predicted octanol–water partition coefficient (Wildman–Crippen LogP) is -3.63. The van der Waals surface area contributed by atoms with Crippen molar-refractivity contribution in [1.29, 1.82) is 0 Å². The fourth-order valence-corrected chi connectivity index (χ4v) is 11.1. The van der Waals surface area contributed by atoms with Crippen molar-refractivity contribution >= 4 is 112 Å². The van der Waals surface area contributed by atoms with Crippen molar-refractivity contribution in [3.8, 4) is 0 Å². The van der Waals surface area contributed by atoms with Gasteiger partial charge in [-0.2, -0.15) is 11.8 Å². The highest BCUT2D eigenvalue weighted by Crippen LogP contribution is 2.17. The molecule has 0 radical (unpaired) electrons. The number of rotatable bonds is 54. The number of hydrogen-bond acceptors (Lipinski definition) is 23. The van der Waals surface area contributed by atoms with Crippen LogP contribution in [0, 0.1) is 23.7 Å². The van der Waals surface area contributed by atoms with Crippen LogP contribution in [-0.2, 0) is 99.2 Å². The van der Waals surface area contributed by atoms with Crippen LogP contribution in [0.25, 0.3) is 0 Å². The van der Waals surface area contributed by atoms with Crippen LogP contribution in [0.15, 0.2) is 25.0 Å². The average Bonchev–Trinajstić information content (AvgIpc) is 0.987. The lowest BCUT2D eigenvalue weighted by Crippen LogP contribution is -2.63. The molecule has 23 N–H and O–H groups in total. The van der Waals surface area contributed by atoms with E-state index in [1.807, 2.05) is 0 Å². The molecule has 0 aliphatic rings. The number of nitrogens with zero attached hydrogens (tertiary/aromatic N) is 2. The van der Waals surface area contributed by atoms with E-state index in [4.69, 9.17) is 22.0 Å². The third-order valence-electron chi connectivity index (χ3n) is 17.1. The number of aromatic nitrogens is 4. The first-order valence-corrected chi connectivity index (χ1v) is 37.8. The van der Waals surface area contributed by atoms with Crippen LogP contribution in [0.3, 0.4) is 0 Å². The third kappa shape index (κ3) is 35.8. The second-order valence-electron chi connectivity index (χ2n) is 28.3. The highest BCUT2D eigenvalue weighted by molar-refractivity contribution is 7.98. The number of hydroxylamine groups is 1. The lowest BCUT2D eigenvalue weighted by atomic mass is 9.96. The highest BCUT2D eigenvalue weighted by Gasteiger charge is 2.40. The Hall–Kier alpha value is -10.3. The molecule has 2 aromatic rings. The van der Waals surface area contributed by atoms with Crippen molar-refractivity contribution in [2.24, 2.45) is 40.9 Å². The molecular formula is C69H114N20O20S. The number of unbranched alkanes of at least 4 members (excludes halogenated alkanes) is 1. The van der Waals surface area contributed by atoms with Gasteiger partial charge in [0.15, 0.2) is 0 Å². The molecule has 2 rings (SSSR count). The van der Waals surface area contributed by atoms with Crippen LogP contribution in [0.1, 0.15) is 171 Å². The van der Waals surface area contributed by atoms with Gasteiger partial charge < -0.3 is 106 Å². The first-order valence-electron chi connectivity index (χ1n) is 36.4. The van der Waals surface area contributed by atoms with Gasteiger partial charge in [0, 0.05) is 55.9 Å². The standard InChI is InChI=1S/C69H114N20O20S/c1-13-38(9)56(87-61(100)43(19-21-53(93)94)86-68(108)69(10,11)88-66(105)55(37(7)8)89-109-54(95)14-2)65(104)80-42(18-20-50(71)90)59(98)82-46(26-36(5)6)62(101)79-44(22-24-110-12)60(99)83-47(27-39-30-73-33-76-39)63(102)84-48(29-51(72)91)64(103)81-45(25-35(3)4)57(96)75-32-52(92)78-41(17-15-16-23-70)58(97)85-49(67(106)107)28-40-31-74-34-77-40/h30-31,33-38,41-49,55-56,89H,13-29,32,70H2,1-12H3,(H2,71,90)(H2,72,91)(H,73,76)(H,74,77)(H,75,96)(H,78,92)(H,79,101)(H,80,104)(H,81,103)(H,82,98)(H,83,99)(H,84,102)(H,85,97)(H,86,108)(H,87,100)(H,88,105)(H,93,94)(H,106,107)/t38-,41-,42-,43-,44-,45-,46-,47-,48-,49-,55-,56-/m0/s1. The first kappa shape index (κ1) is 95.8. The van der Waals surface area contributed by atoms with E-state index in [0.717, 1.165) is 0 Å². The largest absolute Gasteiger partial charge is 0.481 e. The van der Waals surface area contributed by atoms with E-state index in [1.54, 1.807) is 61.6 Å². The number of nitrogens with two attached hydrogens (primary N) is 3. The summed E-state index contributed by atoms with van der Waals surface area (Å²) in [7, 11) is 0. The Morgan fingerprint density at radius 3 is 1.48 bits per heavy atom.